The van der Waals surface area contributed by atoms with Gasteiger partial charge in [0.1, 0.15) is 12.4 Å². The lowest BCUT2D eigenvalue weighted by atomic mass is 10.1. The normalized spacial score (nSPS) is 12.7. The van der Waals surface area contributed by atoms with E-state index in [0.29, 0.717) is 17.3 Å². The molecule has 0 unspecified atom stereocenters. The van der Waals surface area contributed by atoms with Gasteiger partial charge in [-0.05, 0) is 25.1 Å². The van der Waals surface area contributed by atoms with Gasteiger partial charge < -0.3 is 19.1 Å². The molecule has 98 valence electrons. The summed E-state index contributed by atoms with van der Waals surface area (Å²) < 4.78 is 12.2. The van der Waals surface area contributed by atoms with Gasteiger partial charge in [0, 0.05) is 11.8 Å². The topological polar surface area (TPSA) is 73.6 Å². The van der Waals surface area contributed by atoms with Crippen LogP contribution in [0.5, 0.6) is 11.5 Å². The third-order valence-electron chi connectivity index (χ3n) is 2.95. The van der Waals surface area contributed by atoms with Crippen LogP contribution in [0.1, 0.15) is 5.82 Å². The molecule has 0 saturated carbocycles. The zero-order valence-electron chi connectivity index (χ0n) is 10.3. The molecule has 0 amide bonds. The van der Waals surface area contributed by atoms with Crippen molar-refractivity contribution in [2.24, 2.45) is 0 Å². The molecule has 0 saturated heterocycles. The predicted octanol–water partition coefficient (Wildman–Crippen LogP) is 1.67. The van der Waals surface area contributed by atoms with Gasteiger partial charge in [-0.15, -0.1) is 0 Å². The Hall–Kier alpha value is -2.50. The van der Waals surface area contributed by atoms with Gasteiger partial charge in [-0.2, -0.15) is 0 Å². The summed E-state index contributed by atoms with van der Waals surface area (Å²) in [5.74, 6) is 1.17. The van der Waals surface area contributed by atoms with E-state index in [-0.39, 0.29) is 13.3 Å². The van der Waals surface area contributed by atoms with Crippen molar-refractivity contribution in [3.05, 3.63) is 30.2 Å². The van der Waals surface area contributed by atoms with E-state index in [1.54, 1.807) is 17.7 Å². The van der Waals surface area contributed by atoms with E-state index in [9.17, 15) is 4.79 Å². The molecule has 0 spiro atoms. The van der Waals surface area contributed by atoms with E-state index in [0.717, 1.165) is 11.3 Å². The van der Waals surface area contributed by atoms with Crippen LogP contribution in [0.2, 0.25) is 0 Å². The number of ether oxygens (including phenoxy) is 2. The maximum Gasteiger partial charge on any atom is 0.323 e. The predicted molar refractivity (Wildman–Crippen MR) is 66.2 cm³/mol. The Balaban J connectivity index is 1.96. The molecule has 1 aromatic heterocycles. The Labute approximate surface area is 109 Å². The lowest BCUT2D eigenvalue weighted by molar-refractivity contribution is -0.137. The van der Waals surface area contributed by atoms with Crippen molar-refractivity contribution in [3.8, 4) is 22.8 Å². The van der Waals surface area contributed by atoms with Gasteiger partial charge in [-0.25, -0.2) is 4.98 Å². The first kappa shape index (κ1) is 11.6. The Kier molecular flexibility index (Phi) is 2.63. The summed E-state index contributed by atoms with van der Waals surface area (Å²) in [6, 6.07) is 5.54. The molecular formula is C13H12N2O4. The van der Waals surface area contributed by atoms with Crippen LogP contribution in [0.25, 0.3) is 11.3 Å². The number of aliphatic carboxylic acids is 1. The fourth-order valence-corrected chi connectivity index (χ4v) is 2.01. The number of carbonyl (C=O) groups is 1. The van der Waals surface area contributed by atoms with E-state index < -0.39 is 5.97 Å². The molecule has 6 heteroatoms. The number of fused-ring (bicyclic) bond motifs is 1. The quantitative estimate of drug-likeness (QED) is 0.908. The lowest BCUT2D eigenvalue weighted by Gasteiger charge is -1.99. The minimum Gasteiger partial charge on any atom is -0.480 e. The van der Waals surface area contributed by atoms with Crippen molar-refractivity contribution >= 4 is 5.97 Å². The minimum absolute atomic E-state index is 0.0939. The summed E-state index contributed by atoms with van der Waals surface area (Å²) in [4.78, 5) is 15.1. The smallest absolute Gasteiger partial charge is 0.323 e. The zero-order valence-corrected chi connectivity index (χ0v) is 10.3. The number of hydrogen-bond donors (Lipinski definition) is 1. The molecule has 0 fully saturated rings. The third kappa shape index (κ3) is 2.12. The number of carboxylic acids is 1. The van der Waals surface area contributed by atoms with Crippen molar-refractivity contribution in [2.75, 3.05) is 6.79 Å². The van der Waals surface area contributed by atoms with Crippen LogP contribution in [-0.2, 0) is 11.3 Å². The second-order valence-corrected chi connectivity index (χ2v) is 4.26. The number of rotatable bonds is 3. The van der Waals surface area contributed by atoms with Crippen molar-refractivity contribution in [3.63, 3.8) is 0 Å². The molecule has 1 aliphatic rings. The molecule has 1 aliphatic heterocycles. The second-order valence-electron chi connectivity index (χ2n) is 4.26. The number of aryl methyl sites for hydroxylation is 1. The van der Waals surface area contributed by atoms with Crippen LogP contribution in [0.4, 0.5) is 0 Å². The van der Waals surface area contributed by atoms with Crippen LogP contribution >= 0.6 is 0 Å². The highest BCUT2D eigenvalue weighted by molar-refractivity contribution is 5.68. The molecule has 0 atom stereocenters. The number of aromatic nitrogens is 2. The lowest BCUT2D eigenvalue weighted by Crippen LogP contribution is -2.08. The monoisotopic (exact) mass is 260 g/mol. The van der Waals surface area contributed by atoms with Crippen LogP contribution < -0.4 is 9.47 Å². The SMILES string of the molecule is Cc1nc(-c2ccc3c(c2)OCO3)cn1CC(=O)O. The highest BCUT2D eigenvalue weighted by Crippen LogP contribution is 2.35. The van der Waals surface area contributed by atoms with Gasteiger partial charge in [0.15, 0.2) is 11.5 Å². The number of benzene rings is 1. The van der Waals surface area contributed by atoms with Crippen LogP contribution in [-0.4, -0.2) is 27.4 Å². The molecule has 0 radical (unpaired) electrons. The van der Waals surface area contributed by atoms with Gasteiger partial charge in [-0.1, -0.05) is 0 Å². The Bertz CT molecular complexity index is 648. The van der Waals surface area contributed by atoms with Gasteiger partial charge >= 0.3 is 5.97 Å². The average molecular weight is 260 g/mol. The van der Waals surface area contributed by atoms with Crippen molar-refractivity contribution < 1.29 is 19.4 Å². The minimum atomic E-state index is -0.891. The van der Waals surface area contributed by atoms with Crippen molar-refractivity contribution in [2.45, 2.75) is 13.5 Å². The first-order chi connectivity index (χ1) is 9.13. The van der Waals surface area contributed by atoms with E-state index >= 15 is 0 Å². The maximum atomic E-state index is 10.7. The standard InChI is InChI=1S/C13H12N2O4/c1-8-14-10(5-15(8)6-13(16)17)9-2-3-11-12(4-9)19-7-18-11/h2-5H,6-7H2,1H3,(H,16,17). The summed E-state index contributed by atoms with van der Waals surface area (Å²) in [6.07, 6.45) is 1.72. The molecule has 0 bridgehead atoms. The summed E-state index contributed by atoms with van der Waals surface area (Å²) >= 11 is 0. The first-order valence-electron chi connectivity index (χ1n) is 5.79. The molecule has 3 rings (SSSR count). The number of nitrogens with zero attached hydrogens (tertiary/aromatic N) is 2. The van der Waals surface area contributed by atoms with Gasteiger partial charge in [-0.3, -0.25) is 4.79 Å². The van der Waals surface area contributed by atoms with E-state index in [1.807, 2.05) is 18.2 Å². The van der Waals surface area contributed by atoms with Crippen LogP contribution in [0.3, 0.4) is 0 Å². The summed E-state index contributed by atoms with van der Waals surface area (Å²) in [5, 5.41) is 8.81. The van der Waals surface area contributed by atoms with Crippen molar-refractivity contribution in [1.82, 2.24) is 9.55 Å². The Morgan fingerprint density at radius 2 is 2.21 bits per heavy atom. The molecule has 6 nitrogen and oxygen atoms in total. The van der Waals surface area contributed by atoms with E-state index in [4.69, 9.17) is 14.6 Å². The average Bonchev–Trinajstić information content (AvgIpc) is 2.95. The summed E-state index contributed by atoms with van der Waals surface area (Å²) in [7, 11) is 0. The molecule has 19 heavy (non-hydrogen) atoms. The fraction of sp³-hybridized carbons (Fsp3) is 0.231. The third-order valence-corrected chi connectivity index (χ3v) is 2.95. The number of carboxylic acid groups (broad SMARTS) is 1. The summed E-state index contributed by atoms with van der Waals surface area (Å²) in [5.41, 5.74) is 1.59. The number of imidazole rings is 1. The highest BCUT2D eigenvalue weighted by atomic mass is 16.7. The molecular weight excluding hydrogens is 248 g/mol. The van der Waals surface area contributed by atoms with E-state index in [2.05, 4.69) is 4.98 Å². The van der Waals surface area contributed by atoms with Crippen LogP contribution in [0.15, 0.2) is 24.4 Å². The molecule has 2 aromatic rings. The van der Waals surface area contributed by atoms with E-state index in [1.165, 1.54) is 0 Å². The Morgan fingerprint density at radius 1 is 1.42 bits per heavy atom. The Morgan fingerprint density at radius 3 is 3.00 bits per heavy atom. The number of hydrogen-bond acceptors (Lipinski definition) is 4. The molecule has 1 aromatic carbocycles. The van der Waals surface area contributed by atoms with Gasteiger partial charge in [0.25, 0.3) is 0 Å². The van der Waals surface area contributed by atoms with Crippen molar-refractivity contribution in [1.29, 1.82) is 0 Å². The van der Waals surface area contributed by atoms with Crippen LogP contribution in [0, 0.1) is 6.92 Å². The fourth-order valence-electron chi connectivity index (χ4n) is 2.01. The van der Waals surface area contributed by atoms with Gasteiger partial charge in [0.2, 0.25) is 6.79 Å². The maximum absolute atomic E-state index is 10.7. The molecule has 0 aliphatic carbocycles. The molecule has 1 N–H and O–H groups in total. The van der Waals surface area contributed by atoms with Gasteiger partial charge in [0.05, 0.1) is 5.69 Å². The first-order valence-corrected chi connectivity index (χ1v) is 5.79. The largest absolute Gasteiger partial charge is 0.480 e. The zero-order chi connectivity index (χ0) is 13.4. The highest BCUT2D eigenvalue weighted by Gasteiger charge is 2.15. The molecule has 2 heterocycles. The summed E-state index contributed by atoms with van der Waals surface area (Å²) in [6.45, 7) is 1.91. The second kappa shape index (κ2) is 4.31.